The van der Waals surface area contributed by atoms with Gasteiger partial charge in [-0.3, -0.25) is 4.79 Å². The Balaban J connectivity index is 1.95. The molecule has 1 aliphatic rings. The van der Waals surface area contributed by atoms with Gasteiger partial charge in [0.25, 0.3) is 0 Å². The highest BCUT2D eigenvalue weighted by molar-refractivity contribution is 5.99. The van der Waals surface area contributed by atoms with E-state index >= 15 is 0 Å². The van der Waals surface area contributed by atoms with E-state index in [0.29, 0.717) is 23.5 Å². The first kappa shape index (κ1) is 18.5. The molecule has 3 aromatic rings. The van der Waals surface area contributed by atoms with Gasteiger partial charge in [-0.2, -0.15) is 5.10 Å². The number of carbonyl (C=O) groups is 1. The van der Waals surface area contributed by atoms with Crippen LogP contribution in [0.4, 0.5) is 0 Å². The van der Waals surface area contributed by atoms with E-state index in [-0.39, 0.29) is 11.2 Å². The van der Waals surface area contributed by atoms with Crippen molar-refractivity contribution in [3.63, 3.8) is 0 Å². The summed E-state index contributed by atoms with van der Waals surface area (Å²) >= 11 is 0. The highest BCUT2D eigenvalue weighted by atomic mass is 16.5. The SMILES string of the molecule is CCc1nn2cc3c(nc2c1-c1ccc(OC)c(OC)c1)CC(C)(C)CC3=O. The Hall–Kier alpha value is -2.89. The first-order valence-corrected chi connectivity index (χ1v) is 9.53. The summed E-state index contributed by atoms with van der Waals surface area (Å²) in [6, 6.07) is 5.83. The molecule has 0 aliphatic heterocycles. The van der Waals surface area contributed by atoms with Crippen molar-refractivity contribution in [2.24, 2.45) is 5.41 Å². The predicted molar refractivity (Wildman–Crippen MR) is 107 cm³/mol. The molecular formula is C22H25N3O3. The van der Waals surface area contributed by atoms with Crippen molar-refractivity contribution in [2.75, 3.05) is 14.2 Å². The summed E-state index contributed by atoms with van der Waals surface area (Å²) in [5.74, 6) is 1.48. The number of ether oxygens (including phenoxy) is 2. The summed E-state index contributed by atoms with van der Waals surface area (Å²) in [5.41, 5.74) is 5.13. The Morgan fingerprint density at radius 1 is 1.14 bits per heavy atom. The second kappa shape index (κ2) is 6.62. The molecule has 28 heavy (non-hydrogen) atoms. The molecule has 4 rings (SSSR count). The molecule has 0 spiro atoms. The van der Waals surface area contributed by atoms with Gasteiger partial charge in [-0.05, 0) is 36.0 Å². The smallest absolute Gasteiger partial charge is 0.166 e. The third-order valence-electron chi connectivity index (χ3n) is 5.35. The van der Waals surface area contributed by atoms with Crippen LogP contribution in [0.3, 0.4) is 0 Å². The number of rotatable bonds is 4. The monoisotopic (exact) mass is 379 g/mol. The van der Waals surface area contributed by atoms with Crippen LogP contribution in [0.2, 0.25) is 0 Å². The Morgan fingerprint density at radius 3 is 2.57 bits per heavy atom. The third kappa shape index (κ3) is 2.93. The zero-order valence-corrected chi connectivity index (χ0v) is 17.0. The number of nitrogens with zero attached hydrogens (tertiary/aromatic N) is 3. The van der Waals surface area contributed by atoms with Gasteiger partial charge in [-0.1, -0.05) is 26.8 Å². The van der Waals surface area contributed by atoms with E-state index in [4.69, 9.17) is 19.6 Å². The fourth-order valence-electron chi connectivity index (χ4n) is 4.00. The molecule has 0 saturated carbocycles. The second-order valence-electron chi connectivity index (χ2n) is 8.06. The Kier molecular flexibility index (Phi) is 4.37. The molecule has 0 amide bonds. The van der Waals surface area contributed by atoms with Crippen LogP contribution in [-0.2, 0) is 12.8 Å². The standard InChI is InChI=1S/C22H25N3O3/c1-6-15-20(13-7-8-18(27-4)19(9-13)28-5)21-23-16-10-22(2,3)11-17(26)14(16)12-25(21)24-15/h7-9,12H,6,10-11H2,1-5H3. The predicted octanol–water partition coefficient (Wildman–Crippen LogP) is 4.13. The van der Waals surface area contributed by atoms with Gasteiger partial charge in [0, 0.05) is 18.2 Å². The number of aryl methyl sites for hydroxylation is 1. The van der Waals surface area contributed by atoms with Crippen molar-refractivity contribution < 1.29 is 14.3 Å². The molecule has 6 nitrogen and oxygen atoms in total. The van der Waals surface area contributed by atoms with E-state index < -0.39 is 0 Å². The molecule has 0 radical (unpaired) electrons. The van der Waals surface area contributed by atoms with Crippen LogP contribution in [0.1, 0.15) is 48.9 Å². The number of ketones is 1. The van der Waals surface area contributed by atoms with Gasteiger partial charge in [0.15, 0.2) is 22.9 Å². The molecule has 2 aromatic heterocycles. The van der Waals surface area contributed by atoms with Gasteiger partial charge in [0.1, 0.15) is 0 Å². The van der Waals surface area contributed by atoms with Crippen molar-refractivity contribution in [3.8, 4) is 22.6 Å². The minimum atomic E-state index is -0.0769. The molecule has 0 saturated heterocycles. The molecule has 1 aliphatic carbocycles. The maximum Gasteiger partial charge on any atom is 0.166 e. The summed E-state index contributed by atoms with van der Waals surface area (Å²) in [5, 5.41) is 4.71. The molecule has 146 valence electrons. The van der Waals surface area contributed by atoms with E-state index in [1.807, 2.05) is 24.4 Å². The molecule has 0 bridgehead atoms. The van der Waals surface area contributed by atoms with Crippen LogP contribution >= 0.6 is 0 Å². The number of Topliss-reactive ketones (excluding diaryl/α,β-unsaturated/α-hetero) is 1. The van der Waals surface area contributed by atoms with Gasteiger partial charge in [0.2, 0.25) is 0 Å². The lowest BCUT2D eigenvalue weighted by Crippen LogP contribution is -2.28. The summed E-state index contributed by atoms with van der Waals surface area (Å²) in [4.78, 5) is 17.5. The molecule has 0 fully saturated rings. The minimum absolute atomic E-state index is 0.0769. The highest BCUT2D eigenvalue weighted by Gasteiger charge is 2.33. The average molecular weight is 379 g/mol. The number of hydrogen-bond donors (Lipinski definition) is 0. The number of benzene rings is 1. The van der Waals surface area contributed by atoms with Crippen LogP contribution < -0.4 is 9.47 Å². The van der Waals surface area contributed by atoms with Gasteiger partial charge in [-0.25, -0.2) is 9.50 Å². The van der Waals surface area contributed by atoms with Crippen molar-refractivity contribution in [1.29, 1.82) is 0 Å². The van der Waals surface area contributed by atoms with E-state index in [9.17, 15) is 4.79 Å². The van der Waals surface area contributed by atoms with Crippen LogP contribution in [0.5, 0.6) is 11.5 Å². The maximum absolute atomic E-state index is 12.6. The van der Waals surface area contributed by atoms with E-state index in [1.54, 1.807) is 18.7 Å². The van der Waals surface area contributed by atoms with E-state index in [0.717, 1.165) is 41.0 Å². The van der Waals surface area contributed by atoms with Crippen molar-refractivity contribution in [1.82, 2.24) is 14.6 Å². The summed E-state index contributed by atoms with van der Waals surface area (Å²) in [6.07, 6.45) is 3.93. The van der Waals surface area contributed by atoms with Gasteiger partial charge in [-0.15, -0.1) is 0 Å². The molecule has 0 N–H and O–H groups in total. The quantitative estimate of drug-likeness (QED) is 0.682. The van der Waals surface area contributed by atoms with Crippen molar-refractivity contribution in [2.45, 2.75) is 40.0 Å². The normalized spacial score (nSPS) is 15.5. The summed E-state index contributed by atoms with van der Waals surface area (Å²) in [7, 11) is 3.25. The molecule has 0 atom stereocenters. The third-order valence-corrected chi connectivity index (χ3v) is 5.35. The Morgan fingerprint density at radius 2 is 1.89 bits per heavy atom. The second-order valence-corrected chi connectivity index (χ2v) is 8.06. The first-order chi connectivity index (χ1) is 13.4. The maximum atomic E-state index is 12.6. The number of hydrogen-bond acceptors (Lipinski definition) is 5. The van der Waals surface area contributed by atoms with Crippen LogP contribution in [0.25, 0.3) is 16.8 Å². The van der Waals surface area contributed by atoms with Gasteiger partial charge >= 0.3 is 0 Å². The highest BCUT2D eigenvalue weighted by Crippen LogP contribution is 2.38. The summed E-state index contributed by atoms with van der Waals surface area (Å²) < 4.78 is 12.6. The Bertz CT molecular complexity index is 1080. The van der Waals surface area contributed by atoms with Crippen LogP contribution in [-0.4, -0.2) is 34.6 Å². The number of fused-ring (bicyclic) bond motifs is 2. The van der Waals surface area contributed by atoms with Crippen LogP contribution in [0.15, 0.2) is 24.4 Å². The molecular weight excluding hydrogens is 354 g/mol. The lowest BCUT2D eigenvalue weighted by Gasteiger charge is -2.29. The molecule has 2 heterocycles. The van der Waals surface area contributed by atoms with Crippen LogP contribution in [0, 0.1) is 5.41 Å². The van der Waals surface area contributed by atoms with Crippen molar-refractivity contribution >= 4 is 11.4 Å². The molecule has 1 aromatic carbocycles. The lowest BCUT2D eigenvalue weighted by atomic mass is 9.76. The first-order valence-electron chi connectivity index (χ1n) is 9.53. The van der Waals surface area contributed by atoms with Crippen molar-refractivity contribution in [3.05, 3.63) is 41.3 Å². The van der Waals surface area contributed by atoms with E-state index in [2.05, 4.69) is 20.8 Å². The fraction of sp³-hybridized carbons (Fsp3) is 0.409. The number of aromatic nitrogens is 3. The number of carbonyl (C=O) groups excluding carboxylic acids is 1. The van der Waals surface area contributed by atoms with Gasteiger partial charge < -0.3 is 9.47 Å². The largest absolute Gasteiger partial charge is 0.493 e. The Labute approximate surface area is 164 Å². The lowest BCUT2D eigenvalue weighted by molar-refractivity contribution is 0.0909. The van der Waals surface area contributed by atoms with Gasteiger partial charge in [0.05, 0.1) is 31.2 Å². The fourth-order valence-corrected chi connectivity index (χ4v) is 4.00. The molecule has 0 unspecified atom stereocenters. The zero-order valence-electron chi connectivity index (χ0n) is 17.0. The molecule has 6 heteroatoms. The number of methoxy groups -OCH3 is 2. The average Bonchev–Trinajstić information content (AvgIpc) is 3.02. The zero-order chi connectivity index (χ0) is 20.1. The van der Waals surface area contributed by atoms with E-state index in [1.165, 1.54) is 0 Å². The summed E-state index contributed by atoms with van der Waals surface area (Å²) in [6.45, 7) is 6.30. The minimum Gasteiger partial charge on any atom is -0.493 e. The topological polar surface area (TPSA) is 65.7 Å².